The Morgan fingerprint density at radius 3 is 1.02 bits per heavy atom. The SMILES string of the molecule is CC1OCC(OCc2ccccc2)[C@@H](OCc2ccccc2)[C@@]1(C)O.CC1OCC(OCc2ccccc2)[C@@H](OCc2ccccc2)[C@]1(C)O. The van der Waals surface area contributed by atoms with Crippen molar-refractivity contribution < 1.29 is 38.6 Å². The Bertz CT molecular complexity index is 1400. The van der Waals surface area contributed by atoms with E-state index < -0.39 is 23.4 Å². The molecular weight excluding hydrogens is 632 g/mol. The molecule has 4 aromatic carbocycles. The van der Waals surface area contributed by atoms with Crippen molar-refractivity contribution in [1.82, 2.24) is 0 Å². The number of benzene rings is 4. The molecule has 50 heavy (non-hydrogen) atoms. The summed E-state index contributed by atoms with van der Waals surface area (Å²) >= 11 is 0. The first-order valence-corrected chi connectivity index (χ1v) is 17.4. The smallest absolute Gasteiger partial charge is 0.117 e. The predicted molar refractivity (Wildman–Crippen MR) is 192 cm³/mol. The van der Waals surface area contributed by atoms with Crippen molar-refractivity contribution in [2.24, 2.45) is 0 Å². The fraction of sp³-hybridized carbons (Fsp3) is 0.429. The number of aliphatic hydroxyl groups is 2. The van der Waals surface area contributed by atoms with E-state index in [0.29, 0.717) is 39.6 Å². The van der Waals surface area contributed by atoms with Crippen LogP contribution >= 0.6 is 0 Å². The van der Waals surface area contributed by atoms with Gasteiger partial charge in [-0.15, -0.1) is 0 Å². The normalized spacial score (nSPS) is 29.5. The highest BCUT2D eigenvalue weighted by atomic mass is 16.6. The van der Waals surface area contributed by atoms with Gasteiger partial charge in [0.25, 0.3) is 0 Å². The van der Waals surface area contributed by atoms with E-state index in [1.54, 1.807) is 13.8 Å². The lowest BCUT2D eigenvalue weighted by Crippen LogP contribution is -2.61. The van der Waals surface area contributed by atoms with Crippen LogP contribution in [-0.2, 0) is 54.8 Å². The Balaban J connectivity index is 0.000000194. The van der Waals surface area contributed by atoms with Crippen LogP contribution in [0.15, 0.2) is 121 Å². The zero-order chi connectivity index (χ0) is 35.4. The fourth-order valence-electron chi connectivity index (χ4n) is 6.10. The van der Waals surface area contributed by atoms with Gasteiger partial charge in [-0.05, 0) is 49.9 Å². The molecule has 2 aliphatic rings. The van der Waals surface area contributed by atoms with Gasteiger partial charge < -0.3 is 38.6 Å². The van der Waals surface area contributed by atoms with Crippen LogP contribution < -0.4 is 0 Å². The lowest BCUT2D eigenvalue weighted by Gasteiger charge is -2.45. The van der Waals surface area contributed by atoms with Gasteiger partial charge in [0, 0.05) is 0 Å². The molecule has 8 heteroatoms. The van der Waals surface area contributed by atoms with Crippen molar-refractivity contribution in [2.75, 3.05) is 13.2 Å². The minimum Gasteiger partial charge on any atom is -0.385 e. The van der Waals surface area contributed by atoms with Crippen LogP contribution in [0.3, 0.4) is 0 Å². The topological polar surface area (TPSA) is 95.8 Å². The minimum absolute atomic E-state index is 0.315. The third-order valence-electron chi connectivity index (χ3n) is 9.65. The van der Waals surface area contributed by atoms with Crippen LogP contribution in [0.25, 0.3) is 0 Å². The standard InChI is InChI=1S/2C21H26O4/c2*1-16-21(2,22)20(25-14-18-11-7-4-8-12-18)19(15-23-16)24-13-17-9-5-3-6-10-17/h2*3-12,16,19-20,22H,13-15H2,1-2H3/t16?,19?,20-,21+;16?,19?,20-,21-/m11/s1. The van der Waals surface area contributed by atoms with Crippen molar-refractivity contribution in [3.8, 4) is 0 Å². The van der Waals surface area contributed by atoms with Gasteiger partial charge in [0.2, 0.25) is 0 Å². The second kappa shape index (κ2) is 18.2. The van der Waals surface area contributed by atoms with E-state index in [-0.39, 0.29) is 24.4 Å². The number of ether oxygens (including phenoxy) is 6. The molecule has 0 bridgehead atoms. The Labute approximate surface area is 296 Å². The molecule has 2 heterocycles. The Kier molecular flexibility index (Phi) is 13.7. The fourth-order valence-corrected chi connectivity index (χ4v) is 6.10. The largest absolute Gasteiger partial charge is 0.385 e. The third-order valence-corrected chi connectivity index (χ3v) is 9.65. The molecule has 268 valence electrons. The summed E-state index contributed by atoms with van der Waals surface area (Å²) in [5.74, 6) is 0. The van der Waals surface area contributed by atoms with Crippen LogP contribution in [0.4, 0.5) is 0 Å². The van der Waals surface area contributed by atoms with E-state index in [9.17, 15) is 10.2 Å². The highest BCUT2D eigenvalue weighted by Crippen LogP contribution is 2.32. The van der Waals surface area contributed by atoms with Gasteiger partial charge in [-0.1, -0.05) is 121 Å². The first kappa shape index (κ1) is 37.8. The molecule has 8 nitrogen and oxygen atoms in total. The van der Waals surface area contributed by atoms with E-state index in [2.05, 4.69) is 0 Å². The molecular formula is C42H52O8. The van der Waals surface area contributed by atoms with Gasteiger partial charge >= 0.3 is 0 Å². The van der Waals surface area contributed by atoms with Gasteiger partial charge in [0.15, 0.2) is 0 Å². The Morgan fingerprint density at radius 2 is 0.740 bits per heavy atom. The maximum atomic E-state index is 10.9. The van der Waals surface area contributed by atoms with E-state index >= 15 is 0 Å². The summed E-state index contributed by atoms with van der Waals surface area (Å²) in [5, 5.41) is 21.8. The second-order valence-electron chi connectivity index (χ2n) is 13.5. The van der Waals surface area contributed by atoms with E-state index in [4.69, 9.17) is 28.4 Å². The van der Waals surface area contributed by atoms with E-state index in [1.165, 1.54) is 0 Å². The van der Waals surface area contributed by atoms with Crippen LogP contribution in [-0.4, -0.2) is 71.3 Å². The molecule has 8 atom stereocenters. The summed E-state index contributed by atoms with van der Waals surface area (Å²) in [6.07, 6.45) is -2.19. The molecule has 0 spiro atoms. The average Bonchev–Trinajstić information content (AvgIpc) is 3.14. The van der Waals surface area contributed by atoms with E-state index in [1.807, 2.05) is 135 Å². The first-order valence-electron chi connectivity index (χ1n) is 17.4. The monoisotopic (exact) mass is 684 g/mol. The Morgan fingerprint density at radius 1 is 0.480 bits per heavy atom. The average molecular weight is 685 g/mol. The minimum atomic E-state index is -1.12. The van der Waals surface area contributed by atoms with Crippen molar-refractivity contribution in [3.63, 3.8) is 0 Å². The van der Waals surface area contributed by atoms with Crippen molar-refractivity contribution in [2.45, 2.75) is 102 Å². The molecule has 0 aliphatic carbocycles. The van der Waals surface area contributed by atoms with E-state index in [0.717, 1.165) is 22.3 Å². The predicted octanol–water partition coefficient (Wildman–Crippen LogP) is 6.65. The van der Waals surface area contributed by atoms with Crippen LogP contribution in [0.2, 0.25) is 0 Å². The van der Waals surface area contributed by atoms with Crippen LogP contribution in [0.1, 0.15) is 49.9 Å². The van der Waals surface area contributed by atoms with Gasteiger partial charge in [0.1, 0.15) is 35.6 Å². The maximum absolute atomic E-state index is 10.9. The highest BCUT2D eigenvalue weighted by molar-refractivity contribution is 5.16. The van der Waals surface area contributed by atoms with Crippen LogP contribution in [0, 0.1) is 0 Å². The zero-order valence-corrected chi connectivity index (χ0v) is 29.6. The summed E-state index contributed by atoms with van der Waals surface area (Å²) in [4.78, 5) is 0. The summed E-state index contributed by atoms with van der Waals surface area (Å²) in [6, 6.07) is 39.9. The van der Waals surface area contributed by atoms with Crippen molar-refractivity contribution >= 4 is 0 Å². The van der Waals surface area contributed by atoms with Crippen molar-refractivity contribution in [1.29, 1.82) is 0 Å². The van der Waals surface area contributed by atoms with Crippen LogP contribution in [0.5, 0.6) is 0 Å². The molecule has 0 saturated carbocycles. The Hall–Kier alpha value is -3.44. The molecule has 4 unspecified atom stereocenters. The summed E-state index contributed by atoms with van der Waals surface area (Å²) in [5.41, 5.74) is 2.08. The molecule has 2 N–H and O–H groups in total. The highest BCUT2D eigenvalue weighted by Gasteiger charge is 2.49. The summed E-state index contributed by atoms with van der Waals surface area (Å²) in [7, 11) is 0. The maximum Gasteiger partial charge on any atom is 0.117 e. The molecule has 0 aromatic heterocycles. The summed E-state index contributed by atoms with van der Waals surface area (Å²) < 4.78 is 35.7. The molecule has 0 radical (unpaired) electrons. The molecule has 6 rings (SSSR count). The van der Waals surface area contributed by atoms with Gasteiger partial charge in [0.05, 0.1) is 51.8 Å². The number of rotatable bonds is 12. The molecule has 4 aromatic rings. The molecule has 2 saturated heterocycles. The number of hydrogen-bond donors (Lipinski definition) is 2. The lowest BCUT2D eigenvalue weighted by molar-refractivity contribution is -0.259. The molecule has 2 fully saturated rings. The quantitative estimate of drug-likeness (QED) is 0.171. The van der Waals surface area contributed by atoms with Gasteiger partial charge in [-0.25, -0.2) is 0 Å². The second-order valence-corrected chi connectivity index (χ2v) is 13.5. The lowest BCUT2D eigenvalue weighted by atomic mass is 9.87. The zero-order valence-electron chi connectivity index (χ0n) is 29.6. The van der Waals surface area contributed by atoms with Gasteiger partial charge in [-0.3, -0.25) is 0 Å². The third kappa shape index (κ3) is 10.3. The molecule has 2 aliphatic heterocycles. The number of hydrogen-bond acceptors (Lipinski definition) is 8. The molecule has 0 amide bonds. The first-order chi connectivity index (χ1) is 24.1. The van der Waals surface area contributed by atoms with Gasteiger partial charge in [-0.2, -0.15) is 0 Å². The summed E-state index contributed by atoms with van der Waals surface area (Å²) in [6.45, 7) is 9.84. The van der Waals surface area contributed by atoms with Crippen molar-refractivity contribution in [3.05, 3.63) is 144 Å².